The first-order chi connectivity index (χ1) is 13.1. The Kier molecular flexibility index (Phi) is 14.4. The summed E-state index contributed by atoms with van der Waals surface area (Å²) < 4.78 is 0. The Balaban J connectivity index is 0.000000629. The first kappa shape index (κ1) is 26.0. The zero-order valence-electron chi connectivity index (χ0n) is 19.2. The highest BCUT2D eigenvalue weighted by Gasteiger charge is 2.23. The average Bonchev–Trinajstić information content (AvgIpc) is 3.47. The lowest BCUT2D eigenvalue weighted by Crippen LogP contribution is -2.16. The summed E-state index contributed by atoms with van der Waals surface area (Å²) in [5.41, 5.74) is 4.16. The lowest BCUT2D eigenvalue weighted by molar-refractivity contribution is 0.505. The van der Waals surface area contributed by atoms with Crippen molar-refractivity contribution < 1.29 is 0 Å². The van der Waals surface area contributed by atoms with Crippen molar-refractivity contribution in [2.24, 2.45) is 11.8 Å². The van der Waals surface area contributed by atoms with E-state index in [1.807, 2.05) is 45.1 Å². The van der Waals surface area contributed by atoms with Gasteiger partial charge in [-0.2, -0.15) is 0 Å². The summed E-state index contributed by atoms with van der Waals surface area (Å²) in [6.07, 6.45) is 11.1. The Labute approximate surface area is 174 Å². The summed E-state index contributed by atoms with van der Waals surface area (Å²) in [6.45, 7) is 23.8. The van der Waals surface area contributed by atoms with Crippen LogP contribution in [0.2, 0.25) is 0 Å². The maximum atomic E-state index is 4.26. The fraction of sp³-hybridized carbons (Fsp3) is 0.680. The van der Waals surface area contributed by atoms with E-state index in [-0.39, 0.29) is 0 Å². The van der Waals surface area contributed by atoms with Crippen molar-refractivity contribution in [3.05, 3.63) is 40.1 Å². The molecule has 1 N–H and O–H groups in total. The van der Waals surface area contributed by atoms with Crippen LogP contribution < -0.4 is 5.32 Å². The Bertz CT molecular complexity index is 537. The van der Waals surface area contributed by atoms with Gasteiger partial charge in [0.1, 0.15) is 0 Å². The minimum atomic E-state index is 0.827. The molecule has 1 fully saturated rings. The number of nitrogens with one attached hydrogen (secondary N) is 1. The van der Waals surface area contributed by atoms with Crippen molar-refractivity contribution >= 4 is 17.0 Å². The first-order valence-corrected chi connectivity index (χ1v) is 12.0. The number of thiophene rings is 1. The van der Waals surface area contributed by atoms with Crippen molar-refractivity contribution in [1.29, 1.82) is 0 Å². The quantitative estimate of drug-likeness (QED) is 0.381. The molecule has 0 bridgehead atoms. The molecule has 0 spiro atoms. The van der Waals surface area contributed by atoms with Crippen LogP contribution in [0.4, 0.5) is 0 Å². The Morgan fingerprint density at radius 3 is 2.30 bits per heavy atom. The summed E-state index contributed by atoms with van der Waals surface area (Å²) in [7, 11) is 0. The zero-order chi connectivity index (χ0) is 20.8. The molecular formula is C25H45NS. The molecule has 156 valence electrons. The van der Waals surface area contributed by atoms with Crippen LogP contribution in [0, 0.1) is 18.8 Å². The molecule has 0 aromatic carbocycles. The third-order valence-corrected chi connectivity index (χ3v) is 6.02. The van der Waals surface area contributed by atoms with Crippen molar-refractivity contribution in [2.45, 2.75) is 93.4 Å². The van der Waals surface area contributed by atoms with Crippen molar-refractivity contribution in [1.82, 2.24) is 5.32 Å². The number of unbranched alkanes of at least 4 members (excludes halogenated alkanes) is 1. The fourth-order valence-electron chi connectivity index (χ4n) is 3.13. The van der Waals surface area contributed by atoms with Gasteiger partial charge in [0.25, 0.3) is 0 Å². The first-order valence-electron chi connectivity index (χ1n) is 11.2. The number of allylic oxidation sites excluding steroid dienone is 1. The number of fused-ring (bicyclic) bond motifs is 1. The zero-order valence-corrected chi connectivity index (χ0v) is 20.0. The predicted molar refractivity (Wildman–Crippen MR) is 128 cm³/mol. The maximum Gasteiger partial charge on any atom is 0.0354 e. The standard InChI is InChI=1S/C16H25NS.C5H8.2C2H6/c1-5-6-9-17-12(3)16-13(4)18-15-8-7-11(2)10-14(15)16;1-2-5-3-4-5;2*1-2/h11,17H,3,5-10H2,1-2,4H3;2,5H,1,3-4H2;2*1-2H3. The van der Waals surface area contributed by atoms with Crippen LogP contribution in [0.25, 0.3) is 5.70 Å². The van der Waals surface area contributed by atoms with Gasteiger partial charge in [-0.05, 0) is 62.8 Å². The van der Waals surface area contributed by atoms with Gasteiger partial charge < -0.3 is 5.32 Å². The summed E-state index contributed by atoms with van der Waals surface area (Å²) >= 11 is 1.99. The van der Waals surface area contributed by atoms with E-state index in [1.54, 1.807) is 10.4 Å². The molecule has 1 saturated carbocycles. The Morgan fingerprint density at radius 2 is 1.81 bits per heavy atom. The number of rotatable bonds is 6. The lowest BCUT2D eigenvalue weighted by atomic mass is 9.87. The molecule has 2 aliphatic carbocycles. The molecule has 0 saturated heterocycles. The smallest absolute Gasteiger partial charge is 0.0354 e. The highest BCUT2D eigenvalue weighted by Crippen LogP contribution is 2.38. The molecule has 27 heavy (non-hydrogen) atoms. The minimum absolute atomic E-state index is 0.827. The van der Waals surface area contributed by atoms with Gasteiger partial charge in [0.05, 0.1) is 0 Å². The molecule has 1 heterocycles. The molecule has 0 radical (unpaired) electrons. The van der Waals surface area contributed by atoms with Crippen LogP contribution in [0.3, 0.4) is 0 Å². The van der Waals surface area contributed by atoms with Crippen LogP contribution in [0.1, 0.15) is 94.5 Å². The molecule has 0 amide bonds. The Hall–Kier alpha value is -1.02. The van der Waals surface area contributed by atoms with E-state index in [0.717, 1.165) is 24.1 Å². The largest absolute Gasteiger partial charge is 0.385 e. The number of hydrogen-bond donors (Lipinski definition) is 1. The topological polar surface area (TPSA) is 12.0 Å². The second-order valence-corrected chi connectivity index (χ2v) is 8.42. The monoisotopic (exact) mass is 391 g/mol. The van der Waals surface area contributed by atoms with Crippen LogP contribution in [-0.4, -0.2) is 6.54 Å². The summed E-state index contributed by atoms with van der Waals surface area (Å²) in [6, 6.07) is 0. The third kappa shape index (κ3) is 9.14. The molecule has 1 aromatic rings. The van der Waals surface area contributed by atoms with E-state index in [0.29, 0.717) is 0 Å². The van der Waals surface area contributed by atoms with Crippen molar-refractivity contribution in [2.75, 3.05) is 6.54 Å². The summed E-state index contributed by atoms with van der Waals surface area (Å²) in [4.78, 5) is 3.06. The number of hydrogen-bond acceptors (Lipinski definition) is 2. The Morgan fingerprint density at radius 1 is 1.19 bits per heavy atom. The molecule has 1 aromatic heterocycles. The van der Waals surface area contributed by atoms with Crippen molar-refractivity contribution in [3.8, 4) is 0 Å². The normalized spacial score (nSPS) is 16.9. The predicted octanol–water partition coefficient (Wildman–Crippen LogP) is 8.18. The molecule has 1 nitrogen and oxygen atoms in total. The van der Waals surface area contributed by atoms with E-state index in [4.69, 9.17) is 0 Å². The van der Waals surface area contributed by atoms with E-state index in [9.17, 15) is 0 Å². The second-order valence-electron chi connectivity index (χ2n) is 7.11. The van der Waals surface area contributed by atoms with Crippen LogP contribution in [-0.2, 0) is 12.8 Å². The molecule has 1 atom stereocenters. The van der Waals surface area contributed by atoms with E-state index >= 15 is 0 Å². The van der Waals surface area contributed by atoms with Gasteiger partial charge in [-0.3, -0.25) is 0 Å². The fourth-order valence-corrected chi connectivity index (χ4v) is 4.37. The molecule has 1 unspecified atom stereocenters. The lowest BCUT2D eigenvalue weighted by Gasteiger charge is -2.20. The van der Waals surface area contributed by atoms with Gasteiger partial charge in [0.15, 0.2) is 0 Å². The summed E-state index contributed by atoms with van der Waals surface area (Å²) in [5.74, 6) is 1.73. The highest BCUT2D eigenvalue weighted by molar-refractivity contribution is 7.12. The van der Waals surface area contributed by atoms with Gasteiger partial charge in [-0.15, -0.1) is 17.9 Å². The van der Waals surface area contributed by atoms with Gasteiger partial charge in [-0.25, -0.2) is 0 Å². The molecular weight excluding hydrogens is 346 g/mol. The van der Waals surface area contributed by atoms with E-state index < -0.39 is 0 Å². The second kappa shape index (κ2) is 15.0. The maximum absolute atomic E-state index is 4.26. The molecule has 2 heteroatoms. The summed E-state index contributed by atoms with van der Waals surface area (Å²) in [5, 5.41) is 3.50. The molecule has 3 rings (SSSR count). The minimum Gasteiger partial charge on any atom is -0.385 e. The van der Waals surface area contributed by atoms with Crippen molar-refractivity contribution in [3.63, 3.8) is 0 Å². The molecule has 2 aliphatic rings. The highest BCUT2D eigenvalue weighted by atomic mass is 32.1. The van der Waals surface area contributed by atoms with Crippen LogP contribution in [0.15, 0.2) is 19.2 Å². The molecule has 0 aliphatic heterocycles. The van der Waals surface area contributed by atoms with Gasteiger partial charge in [-0.1, -0.05) is 60.6 Å². The van der Waals surface area contributed by atoms with Gasteiger partial charge in [0, 0.05) is 27.6 Å². The van der Waals surface area contributed by atoms with Gasteiger partial charge in [0.2, 0.25) is 0 Å². The van der Waals surface area contributed by atoms with E-state index in [2.05, 4.69) is 39.2 Å². The van der Waals surface area contributed by atoms with Crippen LogP contribution >= 0.6 is 11.3 Å². The SMILES string of the molecule is C=C(NCCCC)c1c(C)sc2c1CC(C)CC2.C=CC1CC1.CC.CC. The van der Waals surface area contributed by atoms with Gasteiger partial charge >= 0.3 is 0 Å². The average molecular weight is 392 g/mol. The number of aryl methyl sites for hydroxylation is 2. The van der Waals surface area contributed by atoms with E-state index in [1.165, 1.54) is 55.4 Å². The third-order valence-electron chi connectivity index (χ3n) is 4.81. The van der Waals surface area contributed by atoms with Crippen LogP contribution in [0.5, 0.6) is 0 Å².